The van der Waals surface area contributed by atoms with Crippen molar-refractivity contribution >= 4 is 17.5 Å². The van der Waals surface area contributed by atoms with Crippen molar-refractivity contribution in [3.63, 3.8) is 0 Å². The molecule has 5 heteroatoms. The largest absolute Gasteiger partial charge is 0.352 e. The topological polar surface area (TPSA) is 62.3 Å². The molecule has 1 aliphatic rings. The Morgan fingerprint density at radius 3 is 2.32 bits per heavy atom. The predicted molar refractivity (Wildman–Crippen MR) is 121 cm³/mol. The van der Waals surface area contributed by atoms with E-state index >= 15 is 0 Å². The zero-order chi connectivity index (χ0) is 21.6. The van der Waals surface area contributed by atoms with Crippen molar-refractivity contribution in [2.24, 2.45) is 5.92 Å². The Labute approximate surface area is 183 Å². The summed E-state index contributed by atoms with van der Waals surface area (Å²) in [5.41, 5.74) is 5.07. The molecular formula is C26H27N3O2. The molecule has 2 aromatic carbocycles. The Hall–Kier alpha value is -3.47. The maximum atomic E-state index is 12.9. The fourth-order valence-electron chi connectivity index (χ4n) is 3.47. The smallest absolute Gasteiger partial charge is 0.230 e. The van der Waals surface area contributed by atoms with Crippen LogP contribution in [0, 0.1) is 12.8 Å². The minimum Gasteiger partial charge on any atom is -0.352 e. The van der Waals surface area contributed by atoms with Crippen molar-refractivity contribution in [2.75, 3.05) is 4.90 Å². The highest BCUT2D eigenvalue weighted by molar-refractivity contribution is 5.96. The van der Waals surface area contributed by atoms with Crippen molar-refractivity contribution in [3.8, 4) is 0 Å². The molecule has 0 aliphatic heterocycles. The number of nitrogens with one attached hydrogen (secondary N) is 1. The van der Waals surface area contributed by atoms with Gasteiger partial charge in [0.2, 0.25) is 11.8 Å². The first-order chi connectivity index (χ1) is 15.1. The van der Waals surface area contributed by atoms with Gasteiger partial charge in [-0.25, -0.2) is 0 Å². The second-order valence-corrected chi connectivity index (χ2v) is 8.17. The lowest BCUT2D eigenvalue weighted by Crippen LogP contribution is -2.31. The van der Waals surface area contributed by atoms with Gasteiger partial charge in [-0.15, -0.1) is 0 Å². The quantitative estimate of drug-likeness (QED) is 0.602. The Bertz CT molecular complexity index is 1030. The molecule has 0 saturated heterocycles. The number of hydrogen-bond donors (Lipinski definition) is 1. The summed E-state index contributed by atoms with van der Waals surface area (Å²) in [4.78, 5) is 31.1. The van der Waals surface area contributed by atoms with Crippen LogP contribution in [0.15, 0.2) is 73.1 Å². The van der Waals surface area contributed by atoms with E-state index in [1.807, 2.05) is 41.3 Å². The van der Waals surface area contributed by atoms with Gasteiger partial charge >= 0.3 is 0 Å². The number of aromatic nitrogens is 1. The molecule has 1 fully saturated rings. The molecule has 0 atom stereocenters. The average Bonchev–Trinajstić information content (AvgIpc) is 3.64. The van der Waals surface area contributed by atoms with Crippen molar-refractivity contribution < 1.29 is 9.59 Å². The number of aryl methyl sites for hydroxylation is 1. The summed E-state index contributed by atoms with van der Waals surface area (Å²) in [7, 11) is 0. The monoisotopic (exact) mass is 413 g/mol. The van der Waals surface area contributed by atoms with Crippen LogP contribution in [-0.4, -0.2) is 16.8 Å². The molecule has 1 aliphatic carbocycles. The number of hydrogen-bond acceptors (Lipinski definition) is 3. The standard InChI is InChI=1S/C26H27N3O2/c1-19-4-6-21(7-5-19)18-29(26(31)23-10-11-23)24-12-8-20(9-13-24)15-25(30)28-17-22-3-2-14-27-16-22/h2-9,12-14,16,23H,10-11,15,17-18H2,1H3,(H,28,30). The zero-order valence-electron chi connectivity index (χ0n) is 17.8. The van der Waals surface area contributed by atoms with Gasteiger partial charge in [-0.3, -0.25) is 14.6 Å². The van der Waals surface area contributed by atoms with Gasteiger partial charge in [0, 0.05) is 30.5 Å². The Kier molecular flexibility index (Phi) is 6.41. The van der Waals surface area contributed by atoms with Gasteiger partial charge in [-0.2, -0.15) is 0 Å². The molecule has 1 heterocycles. The molecule has 2 amide bonds. The van der Waals surface area contributed by atoms with Crippen molar-refractivity contribution in [2.45, 2.75) is 39.3 Å². The van der Waals surface area contributed by atoms with E-state index in [9.17, 15) is 9.59 Å². The van der Waals surface area contributed by atoms with Crippen molar-refractivity contribution in [3.05, 3.63) is 95.3 Å². The van der Waals surface area contributed by atoms with Gasteiger partial charge in [-0.1, -0.05) is 48.0 Å². The predicted octanol–water partition coefficient (Wildman–Crippen LogP) is 4.19. The first kappa shape index (κ1) is 20.8. The van der Waals surface area contributed by atoms with Crippen LogP contribution < -0.4 is 10.2 Å². The van der Waals surface area contributed by atoms with E-state index in [1.165, 1.54) is 5.56 Å². The first-order valence-electron chi connectivity index (χ1n) is 10.7. The molecule has 158 valence electrons. The highest BCUT2D eigenvalue weighted by atomic mass is 16.2. The molecule has 1 aromatic heterocycles. The van der Waals surface area contributed by atoms with E-state index in [0.717, 1.165) is 35.2 Å². The van der Waals surface area contributed by atoms with Gasteiger partial charge in [0.15, 0.2) is 0 Å². The number of nitrogens with zero attached hydrogens (tertiary/aromatic N) is 2. The molecule has 0 bridgehead atoms. The second kappa shape index (κ2) is 9.56. The molecule has 4 rings (SSSR count). The van der Waals surface area contributed by atoms with Crippen LogP contribution >= 0.6 is 0 Å². The van der Waals surface area contributed by atoms with E-state index in [0.29, 0.717) is 19.5 Å². The summed E-state index contributed by atoms with van der Waals surface area (Å²) in [6, 6.07) is 19.8. The summed E-state index contributed by atoms with van der Waals surface area (Å²) in [6.45, 7) is 3.08. The van der Waals surface area contributed by atoms with Gasteiger partial charge in [0.25, 0.3) is 0 Å². The minimum absolute atomic E-state index is 0.0397. The maximum Gasteiger partial charge on any atom is 0.230 e. The van der Waals surface area contributed by atoms with Crippen LogP contribution in [0.4, 0.5) is 5.69 Å². The lowest BCUT2D eigenvalue weighted by atomic mass is 10.1. The van der Waals surface area contributed by atoms with E-state index in [4.69, 9.17) is 0 Å². The van der Waals surface area contributed by atoms with E-state index in [2.05, 4.69) is 41.5 Å². The molecule has 0 unspecified atom stereocenters. The lowest BCUT2D eigenvalue weighted by Gasteiger charge is -2.23. The summed E-state index contributed by atoms with van der Waals surface area (Å²) < 4.78 is 0. The van der Waals surface area contributed by atoms with Crippen LogP contribution in [-0.2, 0) is 29.1 Å². The van der Waals surface area contributed by atoms with Gasteiger partial charge in [-0.05, 0) is 54.7 Å². The third-order valence-corrected chi connectivity index (χ3v) is 5.48. The number of anilines is 1. The number of rotatable bonds is 8. The van der Waals surface area contributed by atoms with Gasteiger partial charge in [0.1, 0.15) is 0 Å². The number of benzene rings is 2. The summed E-state index contributed by atoms with van der Waals surface area (Å²) >= 11 is 0. The summed E-state index contributed by atoms with van der Waals surface area (Å²) in [5.74, 6) is 0.285. The number of carbonyl (C=O) groups excluding carboxylic acids is 2. The molecule has 3 aromatic rings. The van der Waals surface area contributed by atoms with Crippen LogP contribution in [0.5, 0.6) is 0 Å². The van der Waals surface area contributed by atoms with Gasteiger partial charge in [0.05, 0.1) is 13.0 Å². The Morgan fingerprint density at radius 1 is 0.968 bits per heavy atom. The summed E-state index contributed by atoms with van der Waals surface area (Å²) in [6.07, 6.45) is 5.70. The third kappa shape index (κ3) is 5.79. The van der Waals surface area contributed by atoms with E-state index in [1.54, 1.807) is 12.4 Å². The van der Waals surface area contributed by atoms with Crippen LogP contribution in [0.25, 0.3) is 0 Å². The van der Waals surface area contributed by atoms with E-state index in [-0.39, 0.29) is 17.7 Å². The normalized spacial score (nSPS) is 12.9. The van der Waals surface area contributed by atoms with Crippen molar-refractivity contribution in [1.82, 2.24) is 10.3 Å². The van der Waals surface area contributed by atoms with Crippen LogP contribution in [0.3, 0.4) is 0 Å². The molecule has 0 spiro atoms. The van der Waals surface area contributed by atoms with Crippen LogP contribution in [0.1, 0.15) is 35.1 Å². The zero-order valence-corrected chi connectivity index (χ0v) is 17.8. The van der Waals surface area contributed by atoms with Gasteiger partial charge < -0.3 is 10.2 Å². The SMILES string of the molecule is Cc1ccc(CN(C(=O)C2CC2)c2ccc(CC(=O)NCc3cccnc3)cc2)cc1. The minimum atomic E-state index is -0.0397. The van der Waals surface area contributed by atoms with Crippen molar-refractivity contribution in [1.29, 1.82) is 0 Å². The molecule has 1 N–H and O–H groups in total. The molecular weight excluding hydrogens is 386 g/mol. The Morgan fingerprint density at radius 2 is 1.68 bits per heavy atom. The average molecular weight is 414 g/mol. The molecule has 0 radical (unpaired) electrons. The number of amides is 2. The Balaban J connectivity index is 1.40. The van der Waals surface area contributed by atoms with E-state index < -0.39 is 0 Å². The number of pyridine rings is 1. The maximum absolute atomic E-state index is 12.9. The fraction of sp³-hybridized carbons (Fsp3) is 0.269. The number of carbonyl (C=O) groups is 2. The summed E-state index contributed by atoms with van der Waals surface area (Å²) in [5, 5.41) is 2.92. The third-order valence-electron chi connectivity index (χ3n) is 5.48. The highest BCUT2D eigenvalue weighted by Crippen LogP contribution is 2.33. The fourth-order valence-corrected chi connectivity index (χ4v) is 3.47. The highest BCUT2D eigenvalue weighted by Gasteiger charge is 2.34. The molecule has 31 heavy (non-hydrogen) atoms. The van der Waals surface area contributed by atoms with Crippen LogP contribution in [0.2, 0.25) is 0 Å². The second-order valence-electron chi connectivity index (χ2n) is 8.17. The molecule has 1 saturated carbocycles. The lowest BCUT2D eigenvalue weighted by molar-refractivity contribution is -0.121. The molecule has 5 nitrogen and oxygen atoms in total. The first-order valence-corrected chi connectivity index (χ1v) is 10.7.